The monoisotopic (exact) mass is 277 g/mol. The lowest BCUT2D eigenvalue weighted by Crippen LogP contribution is -2.35. The number of fused-ring (bicyclic) bond motifs is 1. The molecule has 0 aromatic carbocycles. The van der Waals surface area contributed by atoms with E-state index in [1.807, 2.05) is 12.1 Å². The molecule has 2 aromatic heterocycles. The van der Waals surface area contributed by atoms with Crippen molar-refractivity contribution in [2.24, 2.45) is 0 Å². The number of nitrogens with zero attached hydrogens (tertiary/aromatic N) is 3. The van der Waals surface area contributed by atoms with Gasteiger partial charge in [-0.2, -0.15) is 0 Å². The van der Waals surface area contributed by atoms with E-state index in [-0.39, 0.29) is 17.7 Å². The van der Waals surface area contributed by atoms with Gasteiger partial charge in [-0.1, -0.05) is 11.8 Å². The van der Waals surface area contributed by atoms with Crippen LogP contribution in [0.1, 0.15) is 0 Å². The molecular weight excluding hydrogens is 266 g/mol. The Hall–Kier alpha value is -2.09. The number of thioether (sulfide) groups is 1. The van der Waals surface area contributed by atoms with Gasteiger partial charge in [-0.25, -0.2) is 14.8 Å². The first-order valence-electron chi connectivity index (χ1n) is 5.76. The number of carbonyl (C=O) groups excluding carboxylic acids is 2. The maximum atomic E-state index is 11.8. The second kappa shape index (κ2) is 4.88. The number of hydrogen-bond acceptors (Lipinski definition) is 5. The summed E-state index contributed by atoms with van der Waals surface area (Å²) >= 11 is 1.27. The maximum Gasteiger partial charge on any atom is 0.324 e. The van der Waals surface area contributed by atoms with E-state index in [2.05, 4.69) is 20.3 Å². The average Bonchev–Trinajstić information content (AvgIpc) is 3.01. The predicted octanol–water partition coefficient (Wildman–Crippen LogP) is 0.602. The molecule has 3 rings (SSSR count). The van der Waals surface area contributed by atoms with Gasteiger partial charge in [0.15, 0.2) is 10.8 Å². The van der Waals surface area contributed by atoms with Crippen molar-refractivity contribution in [2.45, 2.75) is 5.16 Å². The Bertz CT molecular complexity index is 608. The lowest BCUT2D eigenvalue weighted by Gasteiger charge is -2.10. The molecule has 98 valence electrons. The van der Waals surface area contributed by atoms with E-state index in [1.54, 1.807) is 6.20 Å². The van der Waals surface area contributed by atoms with Gasteiger partial charge in [0.25, 0.3) is 0 Å². The van der Waals surface area contributed by atoms with Gasteiger partial charge >= 0.3 is 6.03 Å². The van der Waals surface area contributed by atoms with Crippen molar-refractivity contribution in [1.82, 2.24) is 25.2 Å². The molecule has 1 aliphatic rings. The molecular formula is C11H11N5O2S. The molecule has 0 saturated carbocycles. The molecule has 0 radical (unpaired) electrons. The zero-order valence-corrected chi connectivity index (χ0v) is 10.7. The molecule has 3 amide bonds. The van der Waals surface area contributed by atoms with Crippen LogP contribution in [0.3, 0.4) is 0 Å². The standard InChI is InChI=1S/C11H11N5O2S/c17-8(16-5-4-13-11(16)18)6-19-10-14-7-2-1-3-12-9(7)15-10/h1-3H,4-6H2,(H,13,18)(H,12,14,15). The van der Waals surface area contributed by atoms with Gasteiger partial charge in [-0.05, 0) is 12.1 Å². The number of rotatable bonds is 3. The first kappa shape index (κ1) is 12.0. The summed E-state index contributed by atoms with van der Waals surface area (Å²) in [6.45, 7) is 0.948. The Morgan fingerprint density at radius 1 is 1.53 bits per heavy atom. The van der Waals surface area contributed by atoms with Crippen molar-refractivity contribution >= 4 is 34.9 Å². The van der Waals surface area contributed by atoms with E-state index in [1.165, 1.54) is 16.7 Å². The van der Waals surface area contributed by atoms with Gasteiger partial charge in [0.05, 0.1) is 11.3 Å². The highest BCUT2D eigenvalue weighted by Crippen LogP contribution is 2.18. The van der Waals surface area contributed by atoms with E-state index in [9.17, 15) is 9.59 Å². The van der Waals surface area contributed by atoms with Crippen LogP contribution < -0.4 is 5.32 Å². The number of imide groups is 1. The largest absolute Gasteiger partial charge is 0.336 e. The summed E-state index contributed by atoms with van der Waals surface area (Å²) in [5.74, 6) is -0.0406. The Kier molecular flexibility index (Phi) is 3.08. The summed E-state index contributed by atoms with van der Waals surface area (Å²) in [5, 5.41) is 3.22. The molecule has 0 unspecified atom stereocenters. The number of hydrogen-bond donors (Lipinski definition) is 2. The highest BCUT2D eigenvalue weighted by Gasteiger charge is 2.26. The lowest BCUT2D eigenvalue weighted by molar-refractivity contribution is -0.124. The number of aromatic nitrogens is 3. The number of imidazole rings is 1. The minimum atomic E-state index is -0.322. The molecule has 0 spiro atoms. The van der Waals surface area contributed by atoms with Crippen molar-refractivity contribution in [3.63, 3.8) is 0 Å². The van der Waals surface area contributed by atoms with Gasteiger partial charge in [-0.3, -0.25) is 9.69 Å². The van der Waals surface area contributed by atoms with Crippen LogP contribution in [0.15, 0.2) is 23.5 Å². The highest BCUT2D eigenvalue weighted by molar-refractivity contribution is 7.99. The molecule has 2 N–H and O–H groups in total. The van der Waals surface area contributed by atoms with Crippen LogP contribution in [0, 0.1) is 0 Å². The number of nitrogens with one attached hydrogen (secondary N) is 2. The van der Waals surface area contributed by atoms with Gasteiger partial charge < -0.3 is 10.3 Å². The molecule has 1 aliphatic heterocycles. The number of amides is 3. The molecule has 0 atom stereocenters. The minimum absolute atomic E-state index is 0.174. The molecule has 2 aromatic rings. The fourth-order valence-corrected chi connectivity index (χ4v) is 2.56. The number of urea groups is 1. The second-order valence-corrected chi connectivity index (χ2v) is 4.95. The fourth-order valence-electron chi connectivity index (χ4n) is 1.81. The summed E-state index contributed by atoms with van der Waals surface area (Å²) < 4.78 is 0. The normalized spacial score (nSPS) is 14.9. The highest BCUT2D eigenvalue weighted by atomic mass is 32.2. The lowest BCUT2D eigenvalue weighted by atomic mass is 10.4. The number of pyridine rings is 1. The van der Waals surface area contributed by atoms with Crippen LogP contribution in [0.4, 0.5) is 4.79 Å². The quantitative estimate of drug-likeness (QED) is 0.802. The third-order valence-corrected chi connectivity index (χ3v) is 3.58. The van der Waals surface area contributed by atoms with E-state index in [4.69, 9.17) is 0 Å². The maximum absolute atomic E-state index is 11.8. The SMILES string of the molecule is O=C(CSc1nc2ncccc2[nH]1)N1CCNC1=O. The topological polar surface area (TPSA) is 91.0 Å². The van der Waals surface area contributed by atoms with Crippen LogP contribution in [0.25, 0.3) is 11.2 Å². The number of carbonyl (C=O) groups is 2. The van der Waals surface area contributed by atoms with Crippen molar-refractivity contribution < 1.29 is 9.59 Å². The van der Waals surface area contributed by atoms with Crippen molar-refractivity contribution in [2.75, 3.05) is 18.8 Å². The summed E-state index contributed by atoms with van der Waals surface area (Å²) in [6.07, 6.45) is 1.66. The molecule has 19 heavy (non-hydrogen) atoms. The van der Waals surface area contributed by atoms with Crippen molar-refractivity contribution in [3.8, 4) is 0 Å². The van der Waals surface area contributed by atoms with E-state index < -0.39 is 0 Å². The van der Waals surface area contributed by atoms with Gasteiger partial charge in [-0.15, -0.1) is 0 Å². The van der Waals surface area contributed by atoms with E-state index >= 15 is 0 Å². The average molecular weight is 277 g/mol. The van der Waals surface area contributed by atoms with Gasteiger partial charge in [0.1, 0.15) is 0 Å². The zero-order valence-electron chi connectivity index (χ0n) is 9.92. The van der Waals surface area contributed by atoms with Crippen LogP contribution in [-0.2, 0) is 4.79 Å². The summed E-state index contributed by atoms with van der Waals surface area (Å²) in [4.78, 5) is 35.8. The molecule has 1 fully saturated rings. The molecule has 8 heteroatoms. The fraction of sp³-hybridized carbons (Fsp3) is 0.273. The minimum Gasteiger partial charge on any atom is -0.336 e. The first-order chi connectivity index (χ1) is 9.24. The Balaban J connectivity index is 1.65. The van der Waals surface area contributed by atoms with Gasteiger partial charge in [0.2, 0.25) is 5.91 Å². The van der Waals surface area contributed by atoms with Crippen LogP contribution >= 0.6 is 11.8 Å². The smallest absolute Gasteiger partial charge is 0.324 e. The van der Waals surface area contributed by atoms with Crippen molar-refractivity contribution in [3.05, 3.63) is 18.3 Å². The second-order valence-electron chi connectivity index (χ2n) is 3.98. The Morgan fingerprint density at radius 2 is 2.42 bits per heavy atom. The van der Waals surface area contributed by atoms with E-state index in [0.29, 0.717) is 23.9 Å². The van der Waals surface area contributed by atoms with Crippen LogP contribution in [0.2, 0.25) is 0 Å². The van der Waals surface area contributed by atoms with E-state index in [0.717, 1.165) is 5.52 Å². The van der Waals surface area contributed by atoms with Gasteiger partial charge in [0, 0.05) is 19.3 Å². The van der Waals surface area contributed by atoms with Crippen molar-refractivity contribution in [1.29, 1.82) is 0 Å². The predicted molar refractivity (Wildman–Crippen MR) is 69.7 cm³/mol. The third kappa shape index (κ3) is 2.39. The Morgan fingerprint density at radius 3 is 3.16 bits per heavy atom. The zero-order chi connectivity index (χ0) is 13.2. The first-order valence-corrected chi connectivity index (χ1v) is 6.74. The van der Waals surface area contributed by atoms with Crippen LogP contribution in [-0.4, -0.2) is 50.6 Å². The summed E-state index contributed by atoms with van der Waals surface area (Å²) in [5.41, 5.74) is 1.45. The summed E-state index contributed by atoms with van der Waals surface area (Å²) in [6, 6.07) is 3.36. The molecule has 1 saturated heterocycles. The third-order valence-electron chi connectivity index (χ3n) is 2.73. The molecule has 0 aliphatic carbocycles. The number of H-pyrrole nitrogens is 1. The molecule has 0 bridgehead atoms. The number of aromatic amines is 1. The molecule has 3 heterocycles. The Labute approximate surface area is 112 Å². The molecule has 7 nitrogen and oxygen atoms in total. The summed E-state index contributed by atoms with van der Waals surface area (Å²) in [7, 11) is 0. The van der Waals surface area contributed by atoms with Crippen LogP contribution in [0.5, 0.6) is 0 Å².